The second kappa shape index (κ2) is 10.9. The molecule has 1 N–H and O–H groups in total. The van der Waals surface area contributed by atoms with Crippen molar-refractivity contribution in [3.05, 3.63) is 142 Å². The van der Waals surface area contributed by atoms with Crippen LogP contribution in [0.4, 0.5) is 8.78 Å². The van der Waals surface area contributed by atoms with Crippen molar-refractivity contribution < 1.29 is 28.3 Å². The first kappa shape index (κ1) is 28.2. The molecule has 5 rings (SSSR count). The van der Waals surface area contributed by atoms with Gasteiger partial charge in [0.05, 0.1) is 12.0 Å². The SMILES string of the molecule is Cc1cccc(C(=O)C2C(c3ccc(Cl)cc3)N(C(=O)c3cccc(F)c3)C(C)(C(=O)O)C2c2ccc(F)cc2)c1. The van der Waals surface area contributed by atoms with Gasteiger partial charge in [0.2, 0.25) is 0 Å². The molecule has 1 aliphatic heterocycles. The fourth-order valence-electron chi connectivity index (χ4n) is 5.97. The van der Waals surface area contributed by atoms with Crippen LogP contribution >= 0.6 is 11.6 Å². The molecule has 1 heterocycles. The fraction of sp³-hybridized carbons (Fsp3) is 0.182. The lowest BCUT2D eigenvalue weighted by Gasteiger charge is -2.38. The molecule has 0 bridgehead atoms. The largest absolute Gasteiger partial charge is 0.479 e. The number of Topliss-reactive ketones (excluding diaryl/α,β-unsaturated/α-hetero) is 1. The average Bonchev–Trinajstić information content (AvgIpc) is 3.23. The van der Waals surface area contributed by atoms with Crippen molar-refractivity contribution in [2.45, 2.75) is 31.3 Å². The maximum absolute atomic E-state index is 14.5. The zero-order chi connectivity index (χ0) is 29.5. The molecule has 1 fully saturated rings. The van der Waals surface area contributed by atoms with Gasteiger partial charge < -0.3 is 10.0 Å². The molecule has 4 unspecified atom stereocenters. The molecule has 0 aromatic heterocycles. The van der Waals surface area contributed by atoms with Gasteiger partial charge in [-0.2, -0.15) is 0 Å². The molecule has 0 aliphatic carbocycles. The highest BCUT2D eigenvalue weighted by Gasteiger charge is 2.65. The summed E-state index contributed by atoms with van der Waals surface area (Å²) in [5.74, 6) is -5.93. The normalized spacial score (nSPS) is 22.0. The minimum Gasteiger partial charge on any atom is -0.479 e. The number of rotatable bonds is 6. The molecule has 4 atom stereocenters. The molecule has 4 aromatic carbocycles. The Morgan fingerprint density at radius 1 is 0.805 bits per heavy atom. The van der Waals surface area contributed by atoms with Crippen LogP contribution in [0.25, 0.3) is 0 Å². The molecule has 208 valence electrons. The summed E-state index contributed by atoms with van der Waals surface area (Å²) >= 11 is 6.17. The van der Waals surface area contributed by atoms with E-state index in [2.05, 4.69) is 0 Å². The second-order valence-electron chi connectivity index (χ2n) is 10.4. The Kier molecular flexibility index (Phi) is 7.49. The van der Waals surface area contributed by atoms with Crippen LogP contribution in [-0.4, -0.2) is 33.2 Å². The average molecular weight is 574 g/mol. The van der Waals surface area contributed by atoms with Gasteiger partial charge in [-0.3, -0.25) is 9.59 Å². The number of halogens is 3. The molecular formula is C33H26ClF2NO4. The molecule has 1 amide bonds. The van der Waals surface area contributed by atoms with E-state index < -0.39 is 46.9 Å². The van der Waals surface area contributed by atoms with E-state index in [0.717, 1.165) is 11.6 Å². The van der Waals surface area contributed by atoms with Crippen LogP contribution in [0.1, 0.15) is 56.3 Å². The van der Waals surface area contributed by atoms with Crippen molar-refractivity contribution in [3.8, 4) is 0 Å². The summed E-state index contributed by atoms with van der Waals surface area (Å²) in [5.41, 5.74) is -0.0656. The Balaban J connectivity index is 1.83. The van der Waals surface area contributed by atoms with E-state index in [9.17, 15) is 28.3 Å². The van der Waals surface area contributed by atoms with E-state index in [-0.39, 0.29) is 11.3 Å². The summed E-state index contributed by atoms with van der Waals surface area (Å²) in [5, 5.41) is 11.2. The maximum Gasteiger partial charge on any atom is 0.330 e. The molecule has 0 saturated carbocycles. The summed E-state index contributed by atoms with van der Waals surface area (Å²) in [6, 6.07) is 22.5. The Morgan fingerprint density at radius 2 is 1.41 bits per heavy atom. The molecule has 0 radical (unpaired) electrons. The van der Waals surface area contributed by atoms with Gasteiger partial charge in [0, 0.05) is 22.1 Å². The first-order valence-corrected chi connectivity index (χ1v) is 13.3. The van der Waals surface area contributed by atoms with Crippen molar-refractivity contribution in [3.63, 3.8) is 0 Å². The minimum atomic E-state index is -2.00. The number of hydrogen-bond donors (Lipinski definition) is 1. The number of carbonyl (C=O) groups excluding carboxylic acids is 2. The summed E-state index contributed by atoms with van der Waals surface area (Å²) in [7, 11) is 0. The topological polar surface area (TPSA) is 74.7 Å². The number of nitrogens with zero attached hydrogens (tertiary/aromatic N) is 1. The lowest BCUT2D eigenvalue weighted by Crippen LogP contribution is -2.54. The van der Waals surface area contributed by atoms with E-state index in [1.165, 1.54) is 54.3 Å². The number of carbonyl (C=O) groups is 3. The number of amides is 1. The van der Waals surface area contributed by atoms with Crippen LogP contribution in [0.2, 0.25) is 5.02 Å². The molecule has 1 aliphatic rings. The fourth-order valence-corrected chi connectivity index (χ4v) is 6.10. The minimum absolute atomic E-state index is 0.0713. The Morgan fingerprint density at radius 3 is 2.02 bits per heavy atom. The first-order chi connectivity index (χ1) is 19.5. The molecule has 8 heteroatoms. The summed E-state index contributed by atoms with van der Waals surface area (Å²) in [6.45, 7) is 3.22. The van der Waals surface area contributed by atoms with Crippen molar-refractivity contribution >= 4 is 29.3 Å². The molecule has 0 spiro atoms. The number of carboxylic acids is 1. The van der Waals surface area contributed by atoms with E-state index in [1.54, 1.807) is 42.5 Å². The van der Waals surface area contributed by atoms with E-state index in [1.807, 2.05) is 13.0 Å². The zero-order valence-corrected chi connectivity index (χ0v) is 23.0. The standard InChI is InChI=1S/C33H26ClF2NO4/c1-19-5-3-6-22(17-19)30(38)27-28(20-11-15-25(35)16-12-20)33(2,32(40)41)37(29(27)21-9-13-24(34)14-10-21)31(39)23-7-4-8-26(36)18-23/h3-18,27-29H,1-2H3,(H,40,41). The third-order valence-electron chi connectivity index (χ3n) is 7.85. The Hall–Kier alpha value is -4.36. The number of hydrogen-bond acceptors (Lipinski definition) is 3. The highest BCUT2D eigenvalue weighted by Crippen LogP contribution is 2.57. The van der Waals surface area contributed by atoms with Gasteiger partial charge in [0.25, 0.3) is 5.91 Å². The highest BCUT2D eigenvalue weighted by molar-refractivity contribution is 6.30. The van der Waals surface area contributed by atoms with Crippen molar-refractivity contribution in [2.24, 2.45) is 5.92 Å². The van der Waals surface area contributed by atoms with Gasteiger partial charge in [-0.05, 0) is 73.5 Å². The summed E-state index contributed by atoms with van der Waals surface area (Å²) in [4.78, 5) is 43.2. The third-order valence-corrected chi connectivity index (χ3v) is 8.10. The molecule has 4 aromatic rings. The predicted octanol–water partition coefficient (Wildman–Crippen LogP) is 7.25. The van der Waals surface area contributed by atoms with Crippen molar-refractivity contribution in [1.29, 1.82) is 0 Å². The van der Waals surface area contributed by atoms with Crippen molar-refractivity contribution in [1.82, 2.24) is 4.90 Å². The quantitative estimate of drug-likeness (QED) is 0.247. The lowest BCUT2D eigenvalue weighted by atomic mass is 9.71. The summed E-state index contributed by atoms with van der Waals surface area (Å²) < 4.78 is 28.3. The van der Waals surface area contributed by atoms with Gasteiger partial charge >= 0.3 is 5.97 Å². The molecular weight excluding hydrogens is 548 g/mol. The van der Waals surface area contributed by atoms with Crippen LogP contribution in [0.15, 0.2) is 97.1 Å². The first-order valence-electron chi connectivity index (χ1n) is 13.0. The van der Waals surface area contributed by atoms with Crippen LogP contribution in [0, 0.1) is 24.5 Å². The van der Waals surface area contributed by atoms with Gasteiger partial charge in [0.1, 0.15) is 17.2 Å². The number of likely N-dealkylation sites (tertiary alicyclic amines) is 1. The Labute approximate surface area is 241 Å². The third kappa shape index (κ3) is 5.02. The van der Waals surface area contributed by atoms with Crippen LogP contribution in [0.5, 0.6) is 0 Å². The van der Waals surface area contributed by atoms with Crippen LogP contribution < -0.4 is 0 Å². The lowest BCUT2D eigenvalue weighted by molar-refractivity contribution is -0.148. The number of aliphatic carboxylic acids is 1. The number of benzene rings is 4. The second-order valence-corrected chi connectivity index (χ2v) is 10.9. The number of ketones is 1. The molecule has 41 heavy (non-hydrogen) atoms. The monoisotopic (exact) mass is 573 g/mol. The van der Waals surface area contributed by atoms with Gasteiger partial charge in [0.15, 0.2) is 5.78 Å². The maximum atomic E-state index is 14.5. The van der Waals surface area contributed by atoms with E-state index >= 15 is 0 Å². The predicted molar refractivity (Wildman–Crippen MR) is 151 cm³/mol. The highest BCUT2D eigenvalue weighted by atomic mass is 35.5. The zero-order valence-electron chi connectivity index (χ0n) is 22.2. The molecule has 5 nitrogen and oxygen atoms in total. The van der Waals surface area contributed by atoms with Gasteiger partial charge in [-0.1, -0.05) is 65.7 Å². The molecule has 1 saturated heterocycles. The number of carboxylic acid groups (broad SMARTS) is 1. The summed E-state index contributed by atoms with van der Waals surface area (Å²) in [6.07, 6.45) is 0. The van der Waals surface area contributed by atoms with Crippen LogP contribution in [-0.2, 0) is 4.79 Å². The van der Waals surface area contributed by atoms with E-state index in [0.29, 0.717) is 21.7 Å². The van der Waals surface area contributed by atoms with Crippen LogP contribution in [0.3, 0.4) is 0 Å². The van der Waals surface area contributed by atoms with Gasteiger partial charge in [-0.15, -0.1) is 0 Å². The number of aryl methyl sites for hydroxylation is 1. The Bertz CT molecular complexity index is 1640. The van der Waals surface area contributed by atoms with Gasteiger partial charge in [-0.25, -0.2) is 13.6 Å². The van der Waals surface area contributed by atoms with Crippen molar-refractivity contribution in [2.75, 3.05) is 0 Å². The smallest absolute Gasteiger partial charge is 0.330 e. The van der Waals surface area contributed by atoms with E-state index in [4.69, 9.17) is 11.6 Å².